The summed E-state index contributed by atoms with van der Waals surface area (Å²) < 4.78 is 6.68. The van der Waals surface area contributed by atoms with Crippen molar-refractivity contribution >= 4 is 11.9 Å². The van der Waals surface area contributed by atoms with Crippen LogP contribution in [0.2, 0.25) is 0 Å². The van der Waals surface area contributed by atoms with Crippen molar-refractivity contribution in [1.29, 1.82) is 0 Å². The molecule has 2 aliphatic rings. The number of rotatable bonds is 3. The Balaban J connectivity index is 1.92. The Morgan fingerprint density at radius 3 is 2.68 bits per heavy atom. The second-order valence-corrected chi connectivity index (χ2v) is 5.91. The van der Waals surface area contributed by atoms with Gasteiger partial charge in [-0.05, 0) is 37.3 Å². The first kappa shape index (κ1) is 15.1. The van der Waals surface area contributed by atoms with Gasteiger partial charge in [0.2, 0.25) is 0 Å². The topological polar surface area (TPSA) is 63.6 Å². The fraction of sp³-hybridized carbons (Fsp3) is 0.625. The van der Waals surface area contributed by atoms with Gasteiger partial charge in [-0.2, -0.15) is 0 Å². The first-order chi connectivity index (χ1) is 10.7. The van der Waals surface area contributed by atoms with Gasteiger partial charge < -0.3 is 19.5 Å². The second-order valence-electron chi connectivity index (χ2n) is 5.91. The van der Waals surface area contributed by atoms with E-state index in [-0.39, 0.29) is 18.4 Å². The van der Waals surface area contributed by atoms with E-state index < -0.39 is 0 Å². The zero-order valence-electron chi connectivity index (χ0n) is 13.1. The number of aromatic nitrogens is 1. The minimum absolute atomic E-state index is 0.0276. The highest BCUT2D eigenvalue weighted by atomic mass is 16.5. The molecule has 120 valence electrons. The lowest BCUT2D eigenvalue weighted by Crippen LogP contribution is -2.47. The molecular formula is C16H23N3O3. The molecule has 1 aliphatic carbocycles. The van der Waals surface area contributed by atoms with Crippen molar-refractivity contribution in [3.8, 4) is 0 Å². The molecule has 0 unspecified atom stereocenters. The molecule has 0 radical (unpaired) electrons. The Hall–Kier alpha value is -1.82. The molecule has 1 N–H and O–H groups in total. The number of fused-ring (bicyclic) bond motifs is 1. The fourth-order valence-electron chi connectivity index (χ4n) is 3.35. The number of ether oxygens (including phenoxy) is 1. The number of amides is 1. The Morgan fingerprint density at radius 1 is 1.23 bits per heavy atom. The van der Waals surface area contributed by atoms with Gasteiger partial charge in [-0.3, -0.25) is 9.59 Å². The van der Waals surface area contributed by atoms with Crippen LogP contribution in [0.15, 0.2) is 6.07 Å². The molecule has 6 nitrogen and oxygen atoms in total. The maximum absolute atomic E-state index is 12.8. The molecule has 22 heavy (non-hydrogen) atoms. The van der Waals surface area contributed by atoms with E-state index >= 15 is 0 Å². The summed E-state index contributed by atoms with van der Waals surface area (Å²) in [6.07, 6.45) is 4.18. The Bertz CT molecular complexity index is 573. The molecule has 0 spiro atoms. The standard InChI is InChI=1S/C16H23N3O3/c1-22-15(20)11-19-13-5-3-2-4-12(13)10-14(19)16(21)18-8-6-17-7-9-18/h10,17H,2-9,11H2,1H3. The monoisotopic (exact) mass is 305 g/mol. The van der Waals surface area contributed by atoms with Crippen LogP contribution in [0.5, 0.6) is 0 Å². The number of methoxy groups -OCH3 is 1. The molecular weight excluding hydrogens is 282 g/mol. The summed E-state index contributed by atoms with van der Waals surface area (Å²) in [4.78, 5) is 26.4. The molecule has 0 saturated carbocycles. The minimum Gasteiger partial charge on any atom is -0.468 e. The van der Waals surface area contributed by atoms with Crippen molar-refractivity contribution in [3.05, 3.63) is 23.0 Å². The van der Waals surface area contributed by atoms with Crippen LogP contribution in [0.4, 0.5) is 0 Å². The van der Waals surface area contributed by atoms with Crippen molar-refractivity contribution in [3.63, 3.8) is 0 Å². The van der Waals surface area contributed by atoms with Gasteiger partial charge in [0, 0.05) is 31.9 Å². The van der Waals surface area contributed by atoms with Crippen molar-refractivity contribution in [1.82, 2.24) is 14.8 Å². The predicted octanol–water partition coefficient (Wildman–Crippen LogP) is 0.585. The lowest BCUT2D eigenvalue weighted by molar-refractivity contribution is -0.141. The SMILES string of the molecule is COC(=O)Cn1c(C(=O)N2CCNCC2)cc2c1CCCC2. The van der Waals surface area contributed by atoms with E-state index in [2.05, 4.69) is 5.32 Å². The van der Waals surface area contributed by atoms with Gasteiger partial charge in [-0.1, -0.05) is 0 Å². The summed E-state index contributed by atoms with van der Waals surface area (Å²) >= 11 is 0. The summed E-state index contributed by atoms with van der Waals surface area (Å²) in [5, 5.41) is 3.25. The van der Waals surface area contributed by atoms with Gasteiger partial charge in [0.15, 0.2) is 0 Å². The van der Waals surface area contributed by atoms with E-state index in [1.807, 2.05) is 15.5 Å². The zero-order chi connectivity index (χ0) is 15.5. The van der Waals surface area contributed by atoms with Crippen molar-refractivity contribution in [2.24, 2.45) is 0 Å². The molecule has 0 aromatic carbocycles. The molecule has 1 aliphatic heterocycles. The average molecular weight is 305 g/mol. The maximum Gasteiger partial charge on any atom is 0.325 e. The smallest absolute Gasteiger partial charge is 0.325 e. The van der Waals surface area contributed by atoms with Crippen LogP contribution >= 0.6 is 0 Å². The molecule has 1 aromatic heterocycles. The van der Waals surface area contributed by atoms with Gasteiger partial charge in [0.1, 0.15) is 12.2 Å². The number of nitrogens with one attached hydrogen (secondary N) is 1. The van der Waals surface area contributed by atoms with Crippen molar-refractivity contribution < 1.29 is 14.3 Å². The third-order valence-electron chi connectivity index (χ3n) is 4.55. The van der Waals surface area contributed by atoms with E-state index in [1.165, 1.54) is 12.7 Å². The molecule has 2 heterocycles. The van der Waals surface area contributed by atoms with Gasteiger partial charge in [0.25, 0.3) is 5.91 Å². The van der Waals surface area contributed by atoms with Gasteiger partial charge in [-0.15, -0.1) is 0 Å². The Morgan fingerprint density at radius 2 is 1.95 bits per heavy atom. The Kier molecular flexibility index (Phi) is 4.47. The van der Waals surface area contributed by atoms with E-state index in [1.54, 1.807) is 0 Å². The quantitative estimate of drug-likeness (QED) is 0.830. The molecule has 6 heteroatoms. The summed E-state index contributed by atoms with van der Waals surface area (Å²) in [5.41, 5.74) is 2.99. The number of carbonyl (C=O) groups is 2. The van der Waals surface area contributed by atoms with E-state index in [4.69, 9.17) is 4.74 Å². The van der Waals surface area contributed by atoms with Crippen LogP contribution in [0.1, 0.15) is 34.6 Å². The number of nitrogens with zero attached hydrogens (tertiary/aromatic N) is 2. The number of piperazine rings is 1. The fourth-order valence-corrected chi connectivity index (χ4v) is 3.35. The zero-order valence-corrected chi connectivity index (χ0v) is 13.1. The highest BCUT2D eigenvalue weighted by molar-refractivity contribution is 5.94. The van der Waals surface area contributed by atoms with Crippen LogP contribution < -0.4 is 5.32 Å². The number of carbonyl (C=O) groups excluding carboxylic acids is 2. The molecule has 1 amide bonds. The third-order valence-corrected chi connectivity index (χ3v) is 4.55. The summed E-state index contributed by atoms with van der Waals surface area (Å²) in [5.74, 6) is -0.280. The third kappa shape index (κ3) is 2.88. The Labute approximate surface area is 130 Å². The summed E-state index contributed by atoms with van der Waals surface area (Å²) in [7, 11) is 1.39. The van der Waals surface area contributed by atoms with Crippen LogP contribution in [0.3, 0.4) is 0 Å². The highest BCUT2D eigenvalue weighted by Gasteiger charge is 2.27. The highest BCUT2D eigenvalue weighted by Crippen LogP contribution is 2.26. The largest absolute Gasteiger partial charge is 0.468 e. The lowest BCUT2D eigenvalue weighted by Gasteiger charge is -2.28. The summed E-state index contributed by atoms with van der Waals surface area (Å²) in [6, 6.07) is 1.99. The number of hydrogen-bond donors (Lipinski definition) is 1. The summed E-state index contributed by atoms with van der Waals surface area (Å²) in [6.45, 7) is 3.20. The van der Waals surface area contributed by atoms with Gasteiger partial charge in [0.05, 0.1) is 7.11 Å². The molecule has 1 aromatic rings. The predicted molar refractivity (Wildman–Crippen MR) is 81.9 cm³/mol. The van der Waals surface area contributed by atoms with Crippen LogP contribution in [-0.4, -0.2) is 54.6 Å². The molecule has 3 rings (SSSR count). The normalized spacial score (nSPS) is 18.0. The minimum atomic E-state index is -0.307. The average Bonchev–Trinajstić information content (AvgIpc) is 2.93. The van der Waals surface area contributed by atoms with Gasteiger partial charge in [-0.25, -0.2) is 0 Å². The number of esters is 1. The first-order valence-corrected chi connectivity index (χ1v) is 7.99. The van der Waals surface area contributed by atoms with E-state index in [9.17, 15) is 9.59 Å². The van der Waals surface area contributed by atoms with E-state index in [0.717, 1.165) is 44.5 Å². The van der Waals surface area contributed by atoms with Crippen molar-refractivity contribution in [2.75, 3.05) is 33.3 Å². The second kappa shape index (κ2) is 6.52. The first-order valence-electron chi connectivity index (χ1n) is 7.99. The molecule has 0 bridgehead atoms. The molecule has 0 atom stereocenters. The molecule has 1 saturated heterocycles. The number of hydrogen-bond acceptors (Lipinski definition) is 4. The van der Waals surface area contributed by atoms with Gasteiger partial charge >= 0.3 is 5.97 Å². The van der Waals surface area contributed by atoms with Crippen LogP contribution in [-0.2, 0) is 28.9 Å². The van der Waals surface area contributed by atoms with E-state index in [0.29, 0.717) is 18.8 Å². The maximum atomic E-state index is 12.8. The number of aryl methyl sites for hydroxylation is 1. The van der Waals surface area contributed by atoms with Crippen molar-refractivity contribution in [2.45, 2.75) is 32.2 Å². The van der Waals surface area contributed by atoms with Crippen LogP contribution in [0.25, 0.3) is 0 Å². The lowest BCUT2D eigenvalue weighted by atomic mass is 9.98. The molecule has 1 fully saturated rings. The van der Waals surface area contributed by atoms with Crippen LogP contribution in [0, 0.1) is 0 Å².